The molecule has 3 aromatic rings. The summed E-state index contributed by atoms with van der Waals surface area (Å²) < 4.78 is 13.4. The summed E-state index contributed by atoms with van der Waals surface area (Å²) in [5.74, 6) is 1.95. The van der Waals surface area contributed by atoms with Gasteiger partial charge in [-0.25, -0.2) is 0 Å². The molecule has 8 heteroatoms. The van der Waals surface area contributed by atoms with Crippen molar-refractivity contribution in [1.29, 1.82) is 0 Å². The van der Waals surface area contributed by atoms with Gasteiger partial charge in [-0.05, 0) is 57.5 Å². The van der Waals surface area contributed by atoms with E-state index in [1.165, 1.54) is 11.8 Å². The first-order valence-electron chi connectivity index (χ1n) is 10.2. The predicted molar refractivity (Wildman–Crippen MR) is 123 cm³/mol. The fourth-order valence-corrected chi connectivity index (χ4v) is 3.64. The van der Waals surface area contributed by atoms with E-state index < -0.39 is 0 Å². The average Bonchev–Trinajstić information content (AvgIpc) is 3.08. The van der Waals surface area contributed by atoms with Gasteiger partial charge in [0.2, 0.25) is 5.91 Å². The predicted octanol–water partition coefficient (Wildman–Crippen LogP) is 4.53. The third-order valence-electron chi connectivity index (χ3n) is 4.65. The van der Waals surface area contributed by atoms with Crippen LogP contribution in [0.15, 0.2) is 47.6 Å². The molecule has 0 aliphatic heterocycles. The molecule has 0 saturated heterocycles. The van der Waals surface area contributed by atoms with Crippen LogP contribution in [0.3, 0.4) is 0 Å². The third-order valence-corrected chi connectivity index (χ3v) is 5.79. The molecule has 0 fully saturated rings. The second-order valence-corrected chi connectivity index (χ2v) is 8.55. The molecule has 1 atom stereocenters. The summed E-state index contributed by atoms with van der Waals surface area (Å²) in [5, 5.41) is 11.7. The lowest BCUT2D eigenvalue weighted by Gasteiger charge is -2.13. The molecule has 1 amide bonds. The topological polar surface area (TPSA) is 78.3 Å². The second-order valence-electron chi connectivity index (χ2n) is 7.25. The number of ether oxygens (including phenoxy) is 2. The Morgan fingerprint density at radius 2 is 1.77 bits per heavy atom. The first kappa shape index (κ1) is 22.7. The third kappa shape index (κ3) is 6.01. The number of aromatic nitrogens is 3. The van der Waals surface area contributed by atoms with Gasteiger partial charge in [-0.3, -0.25) is 4.79 Å². The molecule has 0 spiro atoms. The van der Waals surface area contributed by atoms with E-state index in [4.69, 9.17) is 9.47 Å². The minimum Gasteiger partial charge on any atom is -0.490 e. The zero-order valence-corrected chi connectivity index (χ0v) is 19.3. The van der Waals surface area contributed by atoms with Crippen LogP contribution >= 0.6 is 11.8 Å². The molecule has 0 aliphatic rings. The van der Waals surface area contributed by atoms with E-state index in [0.29, 0.717) is 29.1 Å². The number of benzene rings is 2. The summed E-state index contributed by atoms with van der Waals surface area (Å²) in [6.45, 7) is 8.61. The molecule has 1 heterocycles. The zero-order chi connectivity index (χ0) is 22.4. The lowest BCUT2D eigenvalue weighted by Crippen LogP contribution is -2.22. The Hall–Kier alpha value is -3.00. The molecule has 3 rings (SSSR count). The lowest BCUT2D eigenvalue weighted by atomic mass is 10.2. The van der Waals surface area contributed by atoms with Crippen molar-refractivity contribution in [3.63, 3.8) is 0 Å². The van der Waals surface area contributed by atoms with E-state index in [0.717, 1.165) is 16.8 Å². The molecular formula is C23H28N4O3S. The smallest absolute Gasteiger partial charge is 0.237 e. The van der Waals surface area contributed by atoms with Crippen LogP contribution in [0.5, 0.6) is 11.5 Å². The van der Waals surface area contributed by atoms with Gasteiger partial charge < -0.3 is 19.4 Å². The summed E-state index contributed by atoms with van der Waals surface area (Å²) in [7, 11) is 1.87. The highest BCUT2D eigenvalue weighted by molar-refractivity contribution is 8.00. The van der Waals surface area contributed by atoms with Crippen molar-refractivity contribution < 1.29 is 14.3 Å². The number of rotatable bonds is 9. The Balaban J connectivity index is 1.61. The first-order chi connectivity index (χ1) is 14.9. The van der Waals surface area contributed by atoms with E-state index in [9.17, 15) is 4.79 Å². The van der Waals surface area contributed by atoms with Crippen molar-refractivity contribution in [2.24, 2.45) is 7.05 Å². The molecule has 0 saturated carbocycles. The van der Waals surface area contributed by atoms with Crippen LogP contribution in [0.2, 0.25) is 0 Å². The molecular weight excluding hydrogens is 412 g/mol. The number of hydrogen-bond acceptors (Lipinski definition) is 6. The number of hydrogen-bond donors (Lipinski definition) is 1. The minimum atomic E-state index is -0.334. The average molecular weight is 441 g/mol. The summed E-state index contributed by atoms with van der Waals surface area (Å²) in [5.41, 5.74) is 3.03. The zero-order valence-electron chi connectivity index (χ0n) is 18.5. The minimum absolute atomic E-state index is 0.0873. The molecule has 1 N–H and O–H groups in total. The van der Waals surface area contributed by atoms with Crippen molar-refractivity contribution in [1.82, 2.24) is 14.8 Å². The van der Waals surface area contributed by atoms with Gasteiger partial charge in [0.1, 0.15) is 6.61 Å². The van der Waals surface area contributed by atoms with Gasteiger partial charge in [-0.2, -0.15) is 0 Å². The van der Waals surface area contributed by atoms with E-state index in [2.05, 4.69) is 15.5 Å². The molecule has 1 unspecified atom stereocenters. The van der Waals surface area contributed by atoms with Crippen LogP contribution in [0, 0.1) is 13.8 Å². The maximum atomic E-state index is 12.5. The summed E-state index contributed by atoms with van der Waals surface area (Å²) in [6, 6.07) is 13.5. The van der Waals surface area contributed by atoms with Crippen LogP contribution in [-0.4, -0.2) is 32.5 Å². The molecule has 7 nitrogen and oxygen atoms in total. The van der Waals surface area contributed by atoms with Crippen molar-refractivity contribution in [2.75, 3.05) is 11.9 Å². The van der Waals surface area contributed by atoms with Crippen LogP contribution in [0.25, 0.3) is 0 Å². The Bertz CT molecular complexity index is 1030. The lowest BCUT2D eigenvalue weighted by molar-refractivity contribution is -0.115. The fraction of sp³-hybridized carbons (Fsp3) is 0.348. The molecule has 0 bridgehead atoms. The van der Waals surface area contributed by atoms with Gasteiger partial charge in [-0.1, -0.05) is 35.5 Å². The van der Waals surface area contributed by atoms with Gasteiger partial charge in [0.05, 0.1) is 11.9 Å². The largest absolute Gasteiger partial charge is 0.490 e. The maximum Gasteiger partial charge on any atom is 0.237 e. The van der Waals surface area contributed by atoms with Crippen LogP contribution in [0.1, 0.15) is 30.8 Å². The van der Waals surface area contributed by atoms with Crippen molar-refractivity contribution >= 4 is 23.4 Å². The number of aryl methyl sites for hydroxylation is 2. The van der Waals surface area contributed by atoms with Crippen molar-refractivity contribution in [3.8, 4) is 11.5 Å². The Kier molecular flexibility index (Phi) is 7.57. The molecule has 31 heavy (non-hydrogen) atoms. The van der Waals surface area contributed by atoms with E-state index in [1.807, 2.05) is 81.8 Å². The van der Waals surface area contributed by atoms with Gasteiger partial charge in [0.25, 0.3) is 0 Å². The fourth-order valence-electron chi connectivity index (χ4n) is 2.81. The van der Waals surface area contributed by atoms with Crippen LogP contribution in [-0.2, 0) is 18.4 Å². The highest BCUT2D eigenvalue weighted by Gasteiger charge is 2.19. The van der Waals surface area contributed by atoms with Crippen LogP contribution < -0.4 is 14.8 Å². The molecule has 2 aromatic carbocycles. The standard InChI is InChI=1S/C23H28N4O3S/c1-6-29-20-13-16(3)9-12-19(20)30-14-21-25-26-23(27(21)5)31-17(4)22(28)24-18-10-7-15(2)8-11-18/h7-13,17H,6,14H2,1-5H3,(H,24,28). The maximum absolute atomic E-state index is 12.5. The number of carbonyl (C=O) groups is 1. The summed E-state index contributed by atoms with van der Waals surface area (Å²) in [6.07, 6.45) is 0. The SMILES string of the molecule is CCOc1cc(C)ccc1OCc1nnc(SC(C)C(=O)Nc2ccc(C)cc2)n1C. The monoisotopic (exact) mass is 440 g/mol. The Labute approximate surface area is 187 Å². The van der Waals surface area contributed by atoms with E-state index >= 15 is 0 Å². The molecule has 0 aliphatic carbocycles. The van der Waals surface area contributed by atoms with Gasteiger partial charge in [-0.15, -0.1) is 10.2 Å². The normalized spacial score (nSPS) is 11.8. The quantitative estimate of drug-likeness (QED) is 0.493. The summed E-state index contributed by atoms with van der Waals surface area (Å²) >= 11 is 1.35. The van der Waals surface area contributed by atoms with Crippen molar-refractivity contribution in [2.45, 2.75) is 44.7 Å². The summed E-state index contributed by atoms with van der Waals surface area (Å²) in [4.78, 5) is 12.5. The van der Waals surface area contributed by atoms with E-state index in [-0.39, 0.29) is 17.8 Å². The highest BCUT2D eigenvalue weighted by Crippen LogP contribution is 2.29. The first-order valence-corrected chi connectivity index (χ1v) is 11.0. The van der Waals surface area contributed by atoms with Crippen molar-refractivity contribution in [3.05, 3.63) is 59.4 Å². The second kappa shape index (κ2) is 10.3. The Morgan fingerprint density at radius 3 is 2.48 bits per heavy atom. The van der Waals surface area contributed by atoms with Crippen LogP contribution in [0.4, 0.5) is 5.69 Å². The van der Waals surface area contributed by atoms with Gasteiger partial charge in [0, 0.05) is 12.7 Å². The molecule has 0 radical (unpaired) electrons. The van der Waals surface area contributed by atoms with Gasteiger partial charge >= 0.3 is 0 Å². The highest BCUT2D eigenvalue weighted by atomic mass is 32.2. The number of thioether (sulfide) groups is 1. The molecule has 1 aromatic heterocycles. The van der Waals surface area contributed by atoms with E-state index in [1.54, 1.807) is 0 Å². The number of nitrogens with one attached hydrogen (secondary N) is 1. The number of nitrogens with zero attached hydrogens (tertiary/aromatic N) is 3. The number of carbonyl (C=O) groups excluding carboxylic acids is 1. The molecule has 164 valence electrons. The van der Waals surface area contributed by atoms with Gasteiger partial charge in [0.15, 0.2) is 22.5 Å². The number of anilines is 1. The Morgan fingerprint density at radius 1 is 1.06 bits per heavy atom. The number of amides is 1.